The fourth-order valence-corrected chi connectivity index (χ4v) is 3.58. The number of hydrogen-bond acceptors (Lipinski definition) is 5. The van der Waals surface area contributed by atoms with Gasteiger partial charge in [0.2, 0.25) is 0 Å². The molecule has 126 valence electrons. The average Bonchev–Trinajstić information content (AvgIpc) is 3.11. The third-order valence-corrected chi connectivity index (χ3v) is 4.93. The third-order valence-electron chi connectivity index (χ3n) is 3.94. The molecular formula is C17H25N3O2S. The summed E-state index contributed by atoms with van der Waals surface area (Å²) in [6.45, 7) is 6.87. The summed E-state index contributed by atoms with van der Waals surface area (Å²) in [5.41, 5.74) is -0.557. The summed E-state index contributed by atoms with van der Waals surface area (Å²) in [5, 5.41) is 15.4. The van der Waals surface area contributed by atoms with E-state index in [1.165, 1.54) is 11.3 Å². The molecule has 1 amide bonds. The Morgan fingerprint density at radius 1 is 1.39 bits per heavy atom. The predicted octanol–water partition coefficient (Wildman–Crippen LogP) is 3.55. The van der Waals surface area contributed by atoms with Crippen molar-refractivity contribution in [3.63, 3.8) is 0 Å². The first kappa shape index (κ1) is 17.8. The molecule has 1 aliphatic rings. The molecule has 0 unspecified atom stereocenters. The molecule has 0 aromatic carbocycles. The van der Waals surface area contributed by atoms with Gasteiger partial charge in [-0.25, -0.2) is 4.79 Å². The van der Waals surface area contributed by atoms with Crippen molar-refractivity contribution in [1.82, 2.24) is 10.6 Å². The Morgan fingerprint density at radius 3 is 2.65 bits per heavy atom. The van der Waals surface area contributed by atoms with Gasteiger partial charge in [0, 0.05) is 23.5 Å². The number of alkyl carbamates (subject to hydrolysis) is 1. The van der Waals surface area contributed by atoms with Crippen LogP contribution in [0.3, 0.4) is 0 Å². The lowest BCUT2D eigenvalue weighted by atomic mass is 9.97. The van der Waals surface area contributed by atoms with E-state index in [4.69, 9.17) is 10.00 Å². The van der Waals surface area contributed by atoms with Crippen LogP contribution in [0.5, 0.6) is 0 Å². The molecule has 1 aromatic heterocycles. The van der Waals surface area contributed by atoms with Crippen molar-refractivity contribution >= 4 is 17.4 Å². The minimum Gasteiger partial charge on any atom is -0.444 e. The smallest absolute Gasteiger partial charge is 0.407 e. The topological polar surface area (TPSA) is 74.2 Å². The quantitative estimate of drug-likeness (QED) is 0.863. The predicted molar refractivity (Wildman–Crippen MR) is 91.3 cm³/mol. The van der Waals surface area contributed by atoms with Gasteiger partial charge < -0.3 is 15.4 Å². The SMILES string of the molecule is CC(C)(C)OC(=O)NCC1(NCc2ccc(C#N)s2)CCCC1. The Bertz CT molecular complexity index is 577. The Morgan fingerprint density at radius 2 is 2.09 bits per heavy atom. The fourth-order valence-electron chi connectivity index (χ4n) is 2.83. The van der Waals surface area contributed by atoms with Crippen molar-refractivity contribution in [2.24, 2.45) is 0 Å². The van der Waals surface area contributed by atoms with Crippen LogP contribution in [-0.2, 0) is 11.3 Å². The molecule has 1 saturated carbocycles. The lowest BCUT2D eigenvalue weighted by Gasteiger charge is -2.31. The maximum Gasteiger partial charge on any atom is 0.407 e. The first-order chi connectivity index (χ1) is 10.8. The van der Waals surface area contributed by atoms with Gasteiger partial charge in [0.1, 0.15) is 16.5 Å². The second-order valence-electron chi connectivity index (χ2n) is 7.07. The summed E-state index contributed by atoms with van der Waals surface area (Å²) in [6, 6.07) is 6.00. The van der Waals surface area contributed by atoms with E-state index in [1.54, 1.807) is 0 Å². The highest BCUT2D eigenvalue weighted by atomic mass is 32.1. The van der Waals surface area contributed by atoms with E-state index in [2.05, 4.69) is 16.7 Å². The highest BCUT2D eigenvalue weighted by molar-refractivity contribution is 7.12. The van der Waals surface area contributed by atoms with Gasteiger partial charge >= 0.3 is 6.09 Å². The van der Waals surface area contributed by atoms with Crippen molar-refractivity contribution in [3.8, 4) is 6.07 Å². The molecule has 23 heavy (non-hydrogen) atoms. The zero-order chi connectivity index (χ0) is 16.9. The maximum absolute atomic E-state index is 11.9. The number of ether oxygens (including phenoxy) is 1. The standard InChI is InChI=1S/C17H25N3O2S/c1-16(2,3)22-15(21)19-12-17(8-4-5-9-17)20-11-14-7-6-13(10-18)23-14/h6-7,20H,4-5,8-9,11-12H2,1-3H3,(H,19,21). The number of rotatable bonds is 5. The zero-order valence-corrected chi connectivity index (χ0v) is 14.9. The number of thiophene rings is 1. The molecule has 1 aliphatic carbocycles. The molecule has 6 heteroatoms. The minimum atomic E-state index is -0.481. The summed E-state index contributed by atoms with van der Waals surface area (Å²) in [6.07, 6.45) is 4.04. The normalized spacial score (nSPS) is 16.8. The van der Waals surface area contributed by atoms with Crippen LogP contribution >= 0.6 is 11.3 Å². The van der Waals surface area contributed by atoms with Crippen LogP contribution in [-0.4, -0.2) is 23.8 Å². The molecule has 0 spiro atoms. The number of nitrogens with zero attached hydrogens (tertiary/aromatic N) is 1. The van der Waals surface area contributed by atoms with Crippen LogP contribution in [0.2, 0.25) is 0 Å². The number of carbonyl (C=O) groups excluding carboxylic acids is 1. The van der Waals surface area contributed by atoms with Crippen molar-refractivity contribution in [1.29, 1.82) is 5.26 Å². The van der Waals surface area contributed by atoms with Crippen LogP contribution in [0.1, 0.15) is 56.2 Å². The monoisotopic (exact) mass is 335 g/mol. The minimum absolute atomic E-state index is 0.0757. The van der Waals surface area contributed by atoms with Gasteiger partial charge in [0.15, 0.2) is 0 Å². The summed E-state index contributed by atoms with van der Waals surface area (Å²) in [5.74, 6) is 0. The first-order valence-corrected chi connectivity index (χ1v) is 8.84. The molecule has 2 rings (SSSR count). The summed E-state index contributed by atoms with van der Waals surface area (Å²) in [7, 11) is 0. The Kier molecular flexibility index (Phi) is 5.66. The fraction of sp³-hybridized carbons (Fsp3) is 0.647. The zero-order valence-electron chi connectivity index (χ0n) is 14.1. The number of hydrogen-bond donors (Lipinski definition) is 2. The van der Waals surface area contributed by atoms with Gasteiger partial charge in [-0.1, -0.05) is 12.8 Å². The largest absolute Gasteiger partial charge is 0.444 e. The van der Waals surface area contributed by atoms with E-state index in [9.17, 15) is 4.79 Å². The van der Waals surface area contributed by atoms with Crippen LogP contribution in [0.4, 0.5) is 4.79 Å². The highest BCUT2D eigenvalue weighted by Crippen LogP contribution is 2.30. The van der Waals surface area contributed by atoms with E-state index in [1.807, 2.05) is 32.9 Å². The van der Waals surface area contributed by atoms with Gasteiger partial charge in [0.05, 0.1) is 0 Å². The van der Waals surface area contributed by atoms with E-state index >= 15 is 0 Å². The molecule has 0 saturated heterocycles. The van der Waals surface area contributed by atoms with Crippen molar-refractivity contribution in [2.45, 2.75) is 64.1 Å². The summed E-state index contributed by atoms with van der Waals surface area (Å²) < 4.78 is 5.31. The van der Waals surface area contributed by atoms with Gasteiger partial charge in [-0.2, -0.15) is 5.26 Å². The molecule has 0 atom stereocenters. The molecule has 1 aromatic rings. The van der Waals surface area contributed by atoms with Crippen LogP contribution in [0.15, 0.2) is 12.1 Å². The molecule has 1 heterocycles. The Hall–Kier alpha value is -1.58. The Balaban J connectivity index is 1.89. The van der Waals surface area contributed by atoms with Crippen molar-refractivity contribution < 1.29 is 9.53 Å². The van der Waals surface area contributed by atoms with E-state index < -0.39 is 5.60 Å². The van der Waals surface area contributed by atoms with Crippen molar-refractivity contribution in [2.75, 3.05) is 6.54 Å². The number of nitriles is 1. The molecule has 2 N–H and O–H groups in total. The summed E-state index contributed by atoms with van der Waals surface area (Å²) >= 11 is 1.51. The lowest BCUT2D eigenvalue weighted by Crippen LogP contribution is -2.51. The van der Waals surface area contributed by atoms with Crippen LogP contribution < -0.4 is 10.6 Å². The number of nitrogens with one attached hydrogen (secondary N) is 2. The molecule has 0 bridgehead atoms. The first-order valence-electron chi connectivity index (χ1n) is 8.03. The van der Waals surface area contributed by atoms with Gasteiger partial charge in [0.25, 0.3) is 0 Å². The lowest BCUT2D eigenvalue weighted by molar-refractivity contribution is 0.0509. The number of amides is 1. The maximum atomic E-state index is 11.9. The molecule has 1 fully saturated rings. The van der Waals surface area contributed by atoms with E-state index in [-0.39, 0.29) is 11.6 Å². The highest BCUT2D eigenvalue weighted by Gasteiger charge is 2.34. The summed E-state index contributed by atoms with van der Waals surface area (Å²) in [4.78, 5) is 13.8. The molecule has 0 radical (unpaired) electrons. The molecular weight excluding hydrogens is 310 g/mol. The van der Waals surface area contributed by atoms with Crippen molar-refractivity contribution in [3.05, 3.63) is 21.9 Å². The second-order valence-corrected chi connectivity index (χ2v) is 8.24. The second kappa shape index (κ2) is 7.33. The van der Waals surface area contributed by atoms with Crippen LogP contribution in [0.25, 0.3) is 0 Å². The molecule has 0 aliphatic heterocycles. The Labute approximate surface area is 142 Å². The molecule has 5 nitrogen and oxygen atoms in total. The van der Waals surface area contributed by atoms with Gasteiger partial charge in [-0.15, -0.1) is 11.3 Å². The van der Waals surface area contributed by atoms with Gasteiger partial charge in [-0.3, -0.25) is 0 Å². The van der Waals surface area contributed by atoms with Crippen LogP contribution in [0, 0.1) is 11.3 Å². The number of carbonyl (C=O) groups is 1. The van der Waals surface area contributed by atoms with Gasteiger partial charge in [-0.05, 0) is 45.7 Å². The van der Waals surface area contributed by atoms with E-state index in [0.29, 0.717) is 6.54 Å². The van der Waals surface area contributed by atoms with E-state index in [0.717, 1.165) is 42.0 Å². The average molecular weight is 335 g/mol. The third kappa shape index (κ3) is 5.52.